The number of fused-ring (bicyclic) bond motifs is 2. The van der Waals surface area contributed by atoms with Gasteiger partial charge in [0.25, 0.3) is 0 Å². The first-order valence-electron chi connectivity index (χ1n) is 8.22. The molecule has 1 aromatic heterocycles. The number of carbonyl (C=O) groups excluding carboxylic acids is 1. The van der Waals surface area contributed by atoms with Gasteiger partial charge in [-0.1, -0.05) is 29.4 Å². The number of aromatic nitrogens is 1. The minimum absolute atomic E-state index is 0.0116. The first kappa shape index (κ1) is 14.8. The quantitative estimate of drug-likeness (QED) is 0.587. The summed E-state index contributed by atoms with van der Waals surface area (Å²) in [5.74, 6) is 0.680. The summed E-state index contributed by atoms with van der Waals surface area (Å²) in [5.41, 5.74) is 4.51. The lowest BCUT2D eigenvalue weighted by atomic mass is 9.86. The summed E-state index contributed by atoms with van der Waals surface area (Å²) in [4.78, 5) is 13.1. The lowest BCUT2D eigenvalue weighted by Crippen LogP contribution is -2.17. The highest BCUT2D eigenvalue weighted by atomic mass is 16.5. The maximum absolute atomic E-state index is 13.1. The van der Waals surface area contributed by atoms with Crippen molar-refractivity contribution in [2.24, 2.45) is 0 Å². The van der Waals surface area contributed by atoms with Crippen molar-refractivity contribution in [1.29, 1.82) is 0 Å². The first-order chi connectivity index (χ1) is 11.6. The van der Waals surface area contributed by atoms with Crippen LogP contribution in [-0.4, -0.2) is 23.5 Å². The van der Waals surface area contributed by atoms with Gasteiger partial charge < -0.3 is 15.2 Å². The first-order valence-corrected chi connectivity index (χ1v) is 8.22. The van der Waals surface area contributed by atoms with E-state index in [0.717, 1.165) is 28.9 Å². The minimum Gasteiger partial charge on any atom is -0.383 e. The monoisotopic (exact) mass is 321 g/mol. The Morgan fingerprint density at radius 2 is 1.92 bits per heavy atom. The van der Waals surface area contributed by atoms with Crippen LogP contribution in [0.3, 0.4) is 0 Å². The average Bonchev–Trinajstić information content (AvgIpc) is 2.99. The SMILES string of the molecule is CCNc1cc(NC(C)C)c2c3c(onc13)-c1ccccc1C2=O. The Balaban J connectivity index is 2.10. The lowest BCUT2D eigenvalue weighted by molar-refractivity contribution is 0.104. The third-order valence-corrected chi connectivity index (χ3v) is 4.21. The molecular weight excluding hydrogens is 302 g/mol. The Morgan fingerprint density at radius 3 is 2.62 bits per heavy atom. The number of nitrogens with one attached hydrogen (secondary N) is 2. The van der Waals surface area contributed by atoms with Crippen molar-refractivity contribution in [3.8, 4) is 11.3 Å². The molecule has 1 aliphatic rings. The van der Waals surface area contributed by atoms with E-state index >= 15 is 0 Å². The number of carbonyl (C=O) groups is 1. The molecule has 1 aliphatic carbocycles. The highest BCUT2D eigenvalue weighted by molar-refractivity contribution is 6.28. The van der Waals surface area contributed by atoms with Crippen molar-refractivity contribution in [1.82, 2.24) is 5.16 Å². The molecule has 0 radical (unpaired) electrons. The Kier molecular flexibility index (Phi) is 3.30. The van der Waals surface area contributed by atoms with Crippen LogP contribution < -0.4 is 10.6 Å². The molecule has 2 aromatic carbocycles. The molecular formula is C19H19N3O2. The van der Waals surface area contributed by atoms with Gasteiger partial charge in [0.1, 0.15) is 5.52 Å². The van der Waals surface area contributed by atoms with Crippen LogP contribution in [0, 0.1) is 0 Å². The van der Waals surface area contributed by atoms with Gasteiger partial charge in [-0.05, 0) is 26.8 Å². The van der Waals surface area contributed by atoms with Gasteiger partial charge in [-0.2, -0.15) is 0 Å². The molecule has 4 rings (SSSR count). The molecule has 3 aromatic rings. The molecule has 0 saturated heterocycles. The summed E-state index contributed by atoms with van der Waals surface area (Å²) in [6, 6.07) is 9.70. The molecule has 5 heteroatoms. The number of rotatable bonds is 4. The molecule has 0 aliphatic heterocycles. The molecule has 0 spiro atoms. The highest BCUT2D eigenvalue weighted by Crippen LogP contribution is 2.44. The average molecular weight is 321 g/mol. The molecule has 0 fully saturated rings. The van der Waals surface area contributed by atoms with Crippen molar-refractivity contribution >= 4 is 28.1 Å². The van der Waals surface area contributed by atoms with Crippen LogP contribution in [0.25, 0.3) is 22.2 Å². The van der Waals surface area contributed by atoms with Crippen LogP contribution in [0.4, 0.5) is 11.4 Å². The van der Waals surface area contributed by atoms with Crippen LogP contribution >= 0.6 is 0 Å². The van der Waals surface area contributed by atoms with Gasteiger partial charge in [-0.3, -0.25) is 4.79 Å². The lowest BCUT2D eigenvalue weighted by Gasteiger charge is -2.20. The zero-order chi connectivity index (χ0) is 16.8. The molecule has 0 saturated carbocycles. The van der Waals surface area contributed by atoms with Crippen LogP contribution in [0.2, 0.25) is 0 Å². The van der Waals surface area contributed by atoms with Gasteiger partial charge in [0.2, 0.25) is 0 Å². The summed E-state index contributed by atoms with van der Waals surface area (Å²) >= 11 is 0. The second-order valence-electron chi connectivity index (χ2n) is 6.29. The summed E-state index contributed by atoms with van der Waals surface area (Å²) in [7, 11) is 0. The Hall–Kier alpha value is -2.82. The fourth-order valence-corrected chi connectivity index (χ4v) is 3.31. The van der Waals surface area contributed by atoms with E-state index in [1.807, 2.05) is 37.3 Å². The summed E-state index contributed by atoms with van der Waals surface area (Å²) in [6.45, 7) is 6.91. The van der Waals surface area contributed by atoms with E-state index in [0.29, 0.717) is 22.4 Å². The number of nitrogens with zero attached hydrogens (tertiary/aromatic N) is 1. The van der Waals surface area contributed by atoms with E-state index in [1.54, 1.807) is 0 Å². The standard InChI is InChI=1S/C19H19N3O2/c1-4-20-14-9-13(21-10(2)3)15-16-17(14)22-24-19(16)12-8-6-5-7-11(12)18(15)23/h5-10,20-21H,4H2,1-3H3. The van der Waals surface area contributed by atoms with Crippen molar-refractivity contribution in [3.63, 3.8) is 0 Å². The molecule has 122 valence electrons. The molecule has 24 heavy (non-hydrogen) atoms. The van der Waals surface area contributed by atoms with Crippen molar-refractivity contribution in [3.05, 3.63) is 41.5 Å². The molecule has 0 unspecified atom stereocenters. The number of hydrogen-bond donors (Lipinski definition) is 2. The fourth-order valence-electron chi connectivity index (χ4n) is 3.31. The van der Waals surface area contributed by atoms with E-state index in [9.17, 15) is 4.79 Å². The smallest absolute Gasteiger partial charge is 0.196 e. The van der Waals surface area contributed by atoms with E-state index in [4.69, 9.17) is 4.52 Å². The molecule has 1 heterocycles. The number of hydrogen-bond acceptors (Lipinski definition) is 5. The van der Waals surface area contributed by atoms with E-state index in [1.165, 1.54) is 0 Å². The van der Waals surface area contributed by atoms with Gasteiger partial charge in [0.05, 0.1) is 16.6 Å². The predicted molar refractivity (Wildman–Crippen MR) is 95.8 cm³/mol. The number of ketones is 1. The number of anilines is 2. The van der Waals surface area contributed by atoms with Crippen molar-refractivity contribution < 1.29 is 9.32 Å². The second-order valence-corrected chi connectivity index (χ2v) is 6.29. The van der Waals surface area contributed by atoms with E-state index in [-0.39, 0.29) is 11.8 Å². The third-order valence-electron chi connectivity index (χ3n) is 4.21. The van der Waals surface area contributed by atoms with Gasteiger partial charge in [-0.25, -0.2) is 0 Å². The Labute approximate surface area is 140 Å². The molecule has 0 bridgehead atoms. The number of benzene rings is 2. The highest BCUT2D eigenvalue weighted by Gasteiger charge is 2.32. The summed E-state index contributed by atoms with van der Waals surface area (Å²) < 4.78 is 5.65. The third kappa shape index (κ3) is 2.01. The van der Waals surface area contributed by atoms with Crippen LogP contribution in [0.1, 0.15) is 36.7 Å². The van der Waals surface area contributed by atoms with E-state index < -0.39 is 0 Å². The van der Waals surface area contributed by atoms with Crippen LogP contribution in [0.15, 0.2) is 34.9 Å². The second kappa shape index (κ2) is 5.37. The van der Waals surface area contributed by atoms with Crippen molar-refractivity contribution in [2.75, 3.05) is 17.2 Å². The largest absolute Gasteiger partial charge is 0.383 e. The molecule has 0 atom stereocenters. The van der Waals surface area contributed by atoms with Gasteiger partial charge in [-0.15, -0.1) is 0 Å². The van der Waals surface area contributed by atoms with Crippen molar-refractivity contribution in [2.45, 2.75) is 26.8 Å². The summed E-state index contributed by atoms with van der Waals surface area (Å²) in [5, 5.41) is 11.8. The van der Waals surface area contributed by atoms with E-state index in [2.05, 4.69) is 29.6 Å². The maximum Gasteiger partial charge on any atom is 0.196 e. The summed E-state index contributed by atoms with van der Waals surface area (Å²) in [6.07, 6.45) is 0. The topological polar surface area (TPSA) is 67.2 Å². The zero-order valence-corrected chi connectivity index (χ0v) is 13.9. The molecule has 2 N–H and O–H groups in total. The van der Waals surface area contributed by atoms with Gasteiger partial charge in [0, 0.05) is 29.4 Å². The minimum atomic E-state index is 0.0116. The normalized spacial score (nSPS) is 12.6. The Bertz CT molecular complexity index is 957. The predicted octanol–water partition coefficient (Wildman–Crippen LogP) is 4.29. The molecule has 0 amide bonds. The van der Waals surface area contributed by atoms with Gasteiger partial charge in [0.15, 0.2) is 11.5 Å². The Morgan fingerprint density at radius 1 is 1.17 bits per heavy atom. The van der Waals surface area contributed by atoms with Crippen LogP contribution in [-0.2, 0) is 0 Å². The van der Waals surface area contributed by atoms with Gasteiger partial charge >= 0.3 is 0 Å². The zero-order valence-electron chi connectivity index (χ0n) is 13.9. The van der Waals surface area contributed by atoms with Crippen LogP contribution in [0.5, 0.6) is 0 Å². The maximum atomic E-state index is 13.1. The fraction of sp³-hybridized carbons (Fsp3) is 0.263. The molecule has 5 nitrogen and oxygen atoms in total.